The summed E-state index contributed by atoms with van der Waals surface area (Å²) in [5.41, 5.74) is 1.56. The average molecular weight is 497 g/mol. The second-order valence-electron chi connectivity index (χ2n) is 9.62. The molecule has 1 aliphatic rings. The number of para-hydroxylation sites is 1. The number of benzene rings is 2. The van der Waals surface area contributed by atoms with E-state index in [0.717, 1.165) is 51.6 Å². The van der Waals surface area contributed by atoms with Crippen LogP contribution < -0.4 is 10.1 Å². The van der Waals surface area contributed by atoms with Crippen molar-refractivity contribution in [3.63, 3.8) is 0 Å². The van der Waals surface area contributed by atoms with Crippen molar-refractivity contribution in [1.29, 1.82) is 0 Å². The highest BCUT2D eigenvalue weighted by Gasteiger charge is 2.48. The minimum atomic E-state index is -0.197. The number of carbonyl (C=O) groups excluding carboxylic acids is 2. The molecule has 0 aromatic heterocycles. The zero-order chi connectivity index (χ0) is 25.3. The lowest BCUT2D eigenvalue weighted by Gasteiger charge is -2.47. The smallest absolute Gasteiger partial charge is 0.454 e. The lowest BCUT2D eigenvalue weighted by atomic mass is 9.67. The van der Waals surface area contributed by atoms with Crippen molar-refractivity contribution in [3.8, 4) is 5.75 Å². The normalized spacial score (nSPS) is 20.1. The molecule has 0 radical (unpaired) electrons. The number of amides is 3. The minimum absolute atomic E-state index is 0.137. The zero-order valence-electron chi connectivity index (χ0n) is 21.2. The number of hydrogen-bond acceptors (Lipinski definition) is 4. The summed E-state index contributed by atoms with van der Waals surface area (Å²) in [4.78, 5) is 26.1. The molecule has 35 heavy (non-hydrogen) atoms. The van der Waals surface area contributed by atoms with Crippen LogP contribution in [0.1, 0.15) is 68.3 Å². The second-order valence-corrected chi connectivity index (χ2v) is 9.80. The van der Waals surface area contributed by atoms with Crippen molar-refractivity contribution in [2.24, 2.45) is 4.36 Å². The Kier molecular flexibility index (Phi) is 9.52. The molecule has 1 aliphatic carbocycles. The number of ether oxygens (including phenoxy) is 1. The molecule has 1 saturated carbocycles. The first-order chi connectivity index (χ1) is 17.0. The monoisotopic (exact) mass is 496 g/mol. The van der Waals surface area contributed by atoms with Gasteiger partial charge in [0.1, 0.15) is 5.75 Å². The van der Waals surface area contributed by atoms with Gasteiger partial charge in [0.05, 0.1) is 44.2 Å². The molecule has 1 fully saturated rings. The van der Waals surface area contributed by atoms with Crippen LogP contribution in [0.25, 0.3) is 0 Å². The van der Waals surface area contributed by atoms with E-state index >= 15 is 0 Å². The van der Waals surface area contributed by atoms with Crippen molar-refractivity contribution >= 4 is 24.4 Å². The van der Waals surface area contributed by atoms with E-state index in [1.807, 2.05) is 18.2 Å². The van der Waals surface area contributed by atoms with Gasteiger partial charge >= 0.3 is 6.03 Å². The van der Waals surface area contributed by atoms with E-state index in [9.17, 15) is 9.59 Å². The van der Waals surface area contributed by atoms with Gasteiger partial charge in [-0.3, -0.25) is 4.79 Å². The Morgan fingerprint density at radius 2 is 1.63 bits per heavy atom. The molecule has 2 aromatic rings. The van der Waals surface area contributed by atoms with E-state index in [4.69, 9.17) is 17.2 Å². The summed E-state index contributed by atoms with van der Waals surface area (Å²) in [6.07, 6.45) is 5.35. The summed E-state index contributed by atoms with van der Waals surface area (Å²) in [7, 11) is 1.58. The van der Waals surface area contributed by atoms with Crippen LogP contribution >= 0.6 is 0 Å². The van der Waals surface area contributed by atoms with Crippen molar-refractivity contribution in [3.05, 3.63) is 65.7 Å². The molecule has 0 spiro atoms. The largest absolute Gasteiger partial charge is 0.496 e. The number of nitrogens with one attached hydrogen (secondary N) is 1. The number of urea groups is 1. The zero-order valence-corrected chi connectivity index (χ0v) is 22.0. The Bertz CT molecular complexity index is 998. The van der Waals surface area contributed by atoms with Crippen LogP contribution in [-0.2, 0) is 17.8 Å². The molecule has 7 heteroatoms. The van der Waals surface area contributed by atoms with Gasteiger partial charge in [0.2, 0.25) is 0 Å². The summed E-state index contributed by atoms with van der Waals surface area (Å²) < 4.78 is 9.47. The number of methoxy groups -OCH3 is 1. The second kappa shape index (κ2) is 12.4. The summed E-state index contributed by atoms with van der Waals surface area (Å²) in [6, 6.07) is 17.7. The SMILES string of the molecule is CCC[N+](CCC)(C(=O)N=S)C1CCC(CNC(=O)c2ccccc2OC)(c2ccccc2)CC1. The van der Waals surface area contributed by atoms with Crippen molar-refractivity contribution < 1.29 is 18.8 Å². The molecule has 0 aliphatic heterocycles. The van der Waals surface area contributed by atoms with Crippen LogP contribution in [0.4, 0.5) is 4.79 Å². The first kappa shape index (κ1) is 27.0. The van der Waals surface area contributed by atoms with Crippen molar-refractivity contribution in [2.45, 2.75) is 63.8 Å². The van der Waals surface area contributed by atoms with E-state index in [1.54, 1.807) is 19.2 Å². The maximum Gasteiger partial charge on any atom is 0.454 e. The molecule has 3 amide bonds. The van der Waals surface area contributed by atoms with E-state index < -0.39 is 0 Å². The third-order valence-electron chi connectivity index (χ3n) is 7.64. The Hall–Kier alpha value is -2.64. The number of carbonyl (C=O) groups is 2. The summed E-state index contributed by atoms with van der Waals surface area (Å²) in [6.45, 7) is 6.29. The van der Waals surface area contributed by atoms with Gasteiger partial charge in [-0.1, -0.05) is 60.7 Å². The summed E-state index contributed by atoms with van der Waals surface area (Å²) in [5, 5.41) is 3.19. The van der Waals surface area contributed by atoms with Crippen molar-refractivity contribution in [1.82, 2.24) is 5.32 Å². The van der Waals surface area contributed by atoms with E-state index in [2.05, 4.69) is 47.8 Å². The number of rotatable bonds is 10. The van der Waals surface area contributed by atoms with Crippen LogP contribution in [0.5, 0.6) is 5.75 Å². The van der Waals surface area contributed by atoms with Crippen molar-refractivity contribution in [2.75, 3.05) is 26.7 Å². The third kappa shape index (κ3) is 5.78. The van der Waals surface area contributed by atoms with Gasteiger partial charge in [-0.25, -0.2) is 9.28 Å². The standard InChI is InChI=1S/C28H37N3O3S/c1-4-19-31(20-5-2,27(33)30-35)23-15-17-28(18-16-23,22-11-7-6-8-12-22)21-29-26(32)24-13-9-10-14-25(24)34-3/h6-14,23H,4-5,15-21H2,1-3H3/p+1. The van der Waals surface area contributed by atoms with Crippen LogP contribution in [0.2, 0.25) is 0 Å². The molecule has 0 unspecified atom stereocenters. The van der Waals surface area contributed by atoms with Gasteiger partial charge in [-0.05, 0) is 43.4 Å². The van der Waals surface area contributed by atoms with E-state index in [1.165, 1.54) is 5.56 Å². The lowest BCUT2D eigenvalue weighted by Crippen LogP contribution is -2.61. The average Bonchev–Trinajstić information content (AvgIpc) is 2.91. The Morgan fingerprint density at radius 3 is 2.20 bits per heavy atom. The van der Waals surface area contributed by atoms with Gasteiger partial charge < -0.3 is 10.1 Å². The topological polar surface area (TPSA) is 67.8 Å². The molecule has 0 saturated heterocycles. The van der Waals surface area contributed by atoms with Gasteiger partial charge in [-0.15, -0.1) is 0 Å². The van der Waals surface area contributed by atoms with Gasteiger partial charge in [-0.2, -0.15) is 0 Å². The fourth-order valence-corrected chi connectivity index (χ4v) is 6.05. The van der Waals surface area contributed by atoms with Crippen LogP contribution in [0.3, 0.4) is 0 Å². The molecule has 2 aromatic carbocycles. The molecule has 0 heterocycles. The predicted molar refractivity (Wildman–Crippen MR) is 141 cm³/mol. The Balaban J connectivity index is 1.85. The fraction of sp³-hybridized carbons (Fsp3) is 0.500. The highest BCUT2D eigenvalue weighted by molar-refractivity contribution is 7.47. The highest BCUT2D eigenvalue weighted by atomic mass is 32.1. The molecular weight excluding hydrogens is 458 g/mol. The fourth-order valence-electron chi connectivity index (χ4n) is 5.89. The van der Waals surface area contributed by atoms with Crippen LogP contribution in [0.15, 0.2) is 59.0 Å². The molecule has 1 N–H and O–H groups in total. The van der Waals surface area contributed by atoms with Crippen LogP contribution in [-0.4, -0.2) is 49.2 Å². The van der Waals surface area contributed by atoms with Gasteiger partial charge in [0.25, 0.3) is 5.91 Å². The highest BCUT2D eigenvalue weighted by Crippen LogP contribution is 2.43. The number of hydrogen-bond donors (Lipinski definition) is 1. The molecule has 3 rings (SSSR count). The van der Waals surface area contributed by atoms with Gasteiger partial charge in [0.15, 0.2) is 0 Å². The molecule has 0 bridgehead atoms. The number of nitrogens with zero attached hydrogens (tertiary/aromatic N) is 2. The Labute approximate surface area is 214 Å². The number of quaternary nitrogens is 1. The summed E-state index contributed by atoms with van der Waals surface area (Å²) in [5.74, 6) is 0.428. The quantitative estimate of drug-likeness (QED) is 0.423. The maximum atomic E-state index is 13.1. The van der Waals surface area contributed by atoms with Gasteiger partial charge in [0, 0.05) is 24.8 Å². The van der Waals surface area contributed by atoms with E-state index in [-0.39, 0.29) is 23.4 Å². The molecular formula is C28H38N3O3S+. The maximum absolute atomic E-state index is 13.1. The Morgan fingerprint density at radius 1 is 1.03 bits per heavy atom. The third-order valence-corrected chi connectivity index (χ3v) is 7.80. The molecule has 6 nitrogen and oxygen atoms in total. The summed E-state index contributed by atoms with van der Waals surface area (Å²) >= 11 is 4.88. The minimum Gasteiger partial charge on any atom is -0.496 e. The molecule has 188 valence electrons. The lowest BCUT2D eigenvalue weighted by molar-refractivity contribution is -0.876. The van der Waals surface area contributed by atoms with E-state index in [0.29, 0.717) is 22.3 Å². The first-order valence-corrected chi connectivity index (χ1v) is 13.0. The van der Waals surface area contributed by atoms with Crippen LogP contribution in [0, 0.1) is 0 Å². The first-order valence-electron chi connectivity index (χ1n) is 12.7. The predicted octanol–water partition coefficient (Wildman–Crippen LogP) is 5.79. The molecule has 0 atom stereocenters.